The minimum absolute atomic E-state index is 0.0331. The van der Waals surface area contributed by atoms with E-state index in [0.717, 1.165) is 12.8 Å². The number of hydrogen-bond acceptors (Lipinski definition) is 3. The molecular weight excluding hydrogens is 230 g/mol. The van der Waals surface area contributed by atoms with Crippen LogP contribution in [-0.4, -0.2) is 36.4 Å². The lowest BCUT2D eigenvalue weighted by Gasteiger charge is -2.17. The molecule has 4 nitrogen and oxygen atoms in total. The van der Waals surface area contributed by atoms with Crippen molar-refractivity contribution in [3.05, 3.63) is 12.2 Å². The van der Waals surface area contributed by atoms with Crippen LogP contribution >= 0.6 is 0 Å². The average molecular weight is 255 g/mol. The zero-order chi connectivity index (χ0) is 13.5. The van der Waals surface area contributed by atoms with Crippen molar-refractivity contribution in [3.63, 3.8) is 0 Å². The third-order valence-electron chi connectivity index (χ3n) is 3.17. The van der Waals surface area contributed by atoms with Crippen LogP contribution < -0.4 is 5.32 Å². The first-order chi connectivity index (χ1) is 8.52. The molecule has 1 rings (SSSR count). The van der Waals surface area contributed by atoms with Crippen molar-refractivity contribution >= 4 is 5.91 Å². The Hall–Kier alpha value is -0.870. The summed E-state index contributed by atoms with van der Waals surface area (Å²) in [4.78, 5) is 11.8. The summed E-state index contributed by atoms with van der Waals surface area (Å²) in [6, 6.07) is 0.0331. The largest absolute Gasteiger partial charge is 0.396 e. The van der Waals surface area contributed by atoms with E-state index in [0.29, 0.717) is 12.5 Å². The summed E-state index contributed by atoms with van der Waals surface area (Å²) in [5.41, 5.74) is 0. The SMILES string of the molecule is CC(C)CCOC(C)C(=O)N[C@@H]1C=C[C@H](CO)C1. The first kappa shape index (κ1) is 15.2. The number of aliphatic hydroxyl groups excluding tert-OH is 1. The third kappa shape index (κ3) is 5.19. The Kier molecular flexibility index (Phi) is 6.36. The monoisotopic (exact) mass is 255 g/mol. The molecule has 1 unspecified atom stereocenters. The molecule has 0 fully saturated rings. The van der Waals surface area contributed by atoms with Gasteiger partial charge in [0.25, 0.3) is 0 Å². The van der Waals surface area contributed by atoms with Crippen molar-refractivity contribution in [1.82, 2.24) is 5.32 Å². The molecule has 0 radical (unpaired) electrons. The molecule has 0 aromatic rings. The van der Waals surface area contributed by atoms with Gasteiger partial charge in [-0.25, -0.2) is 0 Å². The fourth-order valence-electron chi connectivity index (χ4n) is 1.87. The van der Waals surface area contributed by atoms with Crippen molar-refractivity contribution in [3.8, 4) is 0 Å². The molecule has 104 valence electrons. The maximum Gasteiger partial charge on any atom is 0.249 e. The summed E-state index contributed by atoms with van der Waals surface area (Å²) in [7, 11) is 0. The second-order valence-electron chi connectivity index (χ2n) is 5.37. The second-order valence-corrected chi connectivity index (χ2v) is 5.37. The quantitative estimate of drug-likeness (QED) is 0.678. The minimum Gasteiger partial charge on any atom is -0.396 e. The molecule has 3 atom stereocenters. The van der Waals surface area contributed by atoms with Crippen LogP contribution in [0.15, 0.2) is 12.2 Å². The number of hydrogen-bond donors (Lipinski definition) is 2. The summed E-state index contributed by atoms with van der Waals surface area (Å²) in [5.74, 6) is 0.683. The molecule has 0 aliphatic heterocycles. The van der Waals surface area contributed by atoms with E-state index >= 15 is 0 Å². The highest BCUT2D eigenvalue weighted by Gasteiger charge is 2.22. The molecule has 4 heteroatoms. The van der Waals surface area contributed by atoms with Gasteiger partial charge in [0, 0.05) is 25.2 Å². The molecule has 1 aliphatic carbocycles. The number of nitrogens with one attached hydrogen (secondary N) is 1. The fourth-order valence-corrected chi connectivity index (χ4v) is 1.87. The van der Waals surface area contributed by atoms with Gasteiger partial charge in [0.2, 0.25) is 5.91 Å². The van der Waals surface area contributed by atoms with Gasteiger partial charge in [0.05, 0.1) is 0 Å². The molecule has 2 N–H and O–H groups in total. The van der Waals surface area contributed by atoms with Gasteiger partial charge in [-0.1, -0.05) is 26.0 Å². The van der Waals surface area contributed by atoms with Crippen molar-refractivity contribution in [2.45, 2.75) is 45.8 Å². The van der Waals surface area contributed by atoms with Gasteiger partial charge < -0.3 is 15.2 Å². The number of carbonyl (C=O) groups is 1. The Balaban J connectivity index is 2.22. The van der Waals surface area contributed by atoms with Crippen LogP contribution in [0.5, 0.6) is 0 Å². The lowest BCUT2D eigenvalue weighted by Crippen LogP contribution is -2.40. The third-order valence-corrected chi connectivity index (χ3v) is 3.17. The van der Waals surface area contributed by atoms with Crippen LogP contribution in [0.25, 0.3) is 0 Å². The standard InChI is InChI=1S/C14H25NO3/c1-10(2)6-7-18-11(3)14(17)15-13-5-4-12(8-13)9-16/h4-5,10-13,16H,6-9H2,1-3H3,(H,15,17)/t11?,12-,13+/m0/s1. The zero-order valence-corrected chi connectivity index (χ0v) is 11.6. The van der Waals surface area contributed by atoms with E-state index in [1.54, 1.807) is 6.92 Å². The summed E-state index contributed by atoms with van der Waals surface area (Å²) >= 11 is 0. The molecule has 1 aliphatic rings. The smallest absolute Gasteiger partial charge is 0.249 e. The first-order valence-electron chi connectivity index (χ1n) is 6.74. The zero-order valence-electron chi connectivity index (χ0n) is 11.6. The van der Waals surface area contributed by atoms with E-state index < -0.39 is 6.10 Å². The van der Waals surface area contributed by atoms with Crippen molar-refractivity contribution in [2.75, 3.05) is 13.2 Å². The van der Waals surface area contributed by atoms with Crippen LogP contribution in [0.4, 0.5) is 0 Å². The summed E-state index contributed by atoms with van der Waals surface area (Å²) < 4.78 is 5.49. The van der Waals surface area contributed by atoms with E-state index in [1.807, 2.05) is 12.2 Å². The van der Waals surface area contributed by atoms with Crippen molar-refractivity contribution in [1.29, 1.82) is 0 Å². The van der Waals surface area contributed by atoms with Gasteiger partial charge in [0.1, 0.15) is 6.10 Å². The Morgan fingerprint density at radius 2 is 2.17 bits per heavy atom. The number of ether oxygens (including phenoxy) is 1. The van der Waals surface area contributed by atoms with Crippen LogP contribution in [0.3, 0.4) is 0 Å². The number of aliphatic hydroxyl groups is 1. The van der Waals surface area contributed by atoms with Gasteiger partial charge in [-0.2, -0.15) is 0 Å². The molecule has 0 bridgehead atoms. The maximum atomic E-state index is 11.8. The molecule has 0 aromatic carbocycles. The van der Waals surface area contributed by atoms with Crippen LogP contribution in [0, 0.1) is 11.8 Å². The van der Waals surface area contributed by atoms with Gasteiger partial charge in [-0.15, -0.1) is 0 Å². The fraction of sp³-hybridized carbons (Fsp3) is 0.786. The van der Waals surface area contributed by atoms with Crippen LogP contribution in [-0.2, 0) is 9.53 Å². The molecule has 18 heavy (non-hydrogen) atoms. The lowest BCUT2D eigenvalue weighted by molar-refractivity contribution is -0.132. The normalized spacial score (nSPS) is 24.5. The Labute approximate surface area is 109 Å². The van der Waals surface area contributed by atoms with Crippen molar-refractivity contribution in [2.24, 2.45) is 11.8 Å². The summed E-state index contributed by atoms with van der Waals surface area (Å²) in [6.07, 6.45) is 5.23. The number of carbonyl (C=O) groups excluding carboxylic acids is 1. The van der Waals surface area contributed by atoms with E-state index in [-0.39, 0.29) is 24.5 Å². The summed E-state index contributed by atoms with van der Waals surface area (Å²) in [6.45, 7) is 6.80. The highest BCUT2D eigenvalue weighted by atomic mass is 16.5. The van der Waals surface area contributed by atoms with Crippen LogP contribution in [0.2, 0.25) is 0 Å². The Morgan fingerprint density at radius 3 is 2.72 bits per heavy atom. The molecule has 1 amide bonds. The molecule has 0 heterocycles. The molecule has 0 aromatic heterocycles. The van der Waals surface area contributed by atoms with Crippen molar-refractivity contribution < 1.29 is 14.6 Å². The van der Waals surface area contributed by atoms with E-state index in [1.165, 1.54) is 0 Å². The minimum atomic E-state index is -0.412. The molecular formula is C14H25NO3. The van der Waals surface area contributed by atoms with E-state index in [2.05, 4.69) is 19.2 Å². The first-order valence-corrected chi connectivity index (χ1v) is 6.74. The second kappa shape index (κ2) is 7.54. The summed E-state index contributed by atoms with van der Waals surface area (Å²) in [5, 5.41) is 11.9. The average Bonchev–Trinajstić information content (AvgIpc) is 2.76. The van der Waals surface area contributed by atoms with Gasteiger partial charge in [-0.05, 0) is 25.7 Å². The van der Waals surface area contributed by atoms with Crippen LogP contribution in [0.1, 0.15) is 33.6 Å². The van der Waals surface area contributed by atoms with Gasteiger partial charge >= 0.3 is 0 Å². The molecule has 0 saturated carbocycles. The van der Waals surface area contributed by atoms with Gasteiger partial charge in [-0.3, -0.25) is 4.79 Å². The maximum absolute atomic E-state index is 11.8. The highest BCUT2D eigenvalue weighted by molar-refractivity contribution is 5.80. The van der Waals surface area contributed by atoms with E-state index in [9.17, 15) is 4.79 Å². The van der Waals surface area contributed by atoms with E-state index in [4.69, 9.17) is 9.84 Å². The topological polar surface area (TPSA) is 58.6 Å². The predicted octanol–water partition coefficient (Wildman–Crippen LogP) is 1.49. The van der Waals surface area contributed by atoms with Gasteiger partial charge in [0.15, 0.2) is 0 Å². The molecule has 0 saturated heterocycles. The highest BCUT2D eigenvalue weighted by Crippen LogP contribution is 2.17. The predicted molar refractivity (Wildman–Crippen MR) is 71.1 cm³/mol. The number of rotatable bonds is 7. The lowest BCUT2D eigenvalue weighted by atomic mass is 10.1. The Bertz CT molecular complexity index is 289. The Morgan fingerprint density at radius 1 is 1.44 bits per heavy atom. The number of amides is 1. The molecule has 0 spiro atoms.